The van der Waals surface area contributed by atoms with Gasteiger partial charge in [0.05, 0.1) is 16.9 Å². The number of hydrogen-bond donors (Lipinski definition) is 1. The third-order valence-corrected chi connectivity index (χ3v) is 5.95. The maximum Gasteiger partial charge on any atom is 0.311 e. The van der Waals surface area contributed by atoms with Crippen LogP contribution in [0.5, 0.6) is 0 Å². The molecule has 5 nitrogen and oxygen atoms in total. The zero-order chi connectivity index (χ0) is 15.3. The van der Waals surface area contributed by atoms with E-state index >= 15 is 0 Å². The van der Waals surface area contributed by atoms with Gasteiger partial charge in [0.2, 0.25) is 11.8 Å². The van der Waals surface area contributed by atoms with Crippen molar-refractivity contribution in [3.63, 3.8) is 0 Å². The van der Waals surface area contributed by atoms with E-state index in [0.29, 0.717) is 12.8 Å². The minimum absolute atomic E-state index is 0.0932. The van der Waals surface area contributed by atoms with Gasteiger partial charge in [-0.3, -0.25) is 19.3 Å². The van der Waals surface area contributed by atoms with Crippen LogP contribution in [-0.2, 0) is 14.4 Å². The molecule has 2 amide bonds. The number of amides is 2. The van der Waals surface area contributed by atoms with Crippen molar-refractivity contribution in [3.05, 3.63) is 0 Å². The molecule has 5 heteroatoms. The second-order valence-electron chi connectivity index (χ2n) is 7.22. The minimum Gasteiger partial charge on any atom is -0.481 e. The van der Waals surface area contributed by atoms with Gasteiger partial charge in [-0.2, -0.15) is 0 Å². The predicted octanol–water partition coefficient (Wildman–Crippen LogP) is 2.34. The Hall–Kier alpha value is -1.39. The van der Waals surface area contributed by atoms with Gasteiger partial charge in [-0.25, -0.2) is 0 Å². The topological polar surface area (TPSA) is 74.7 Å². The van der Waals surface area contributed by atoms with Crippen molar-refractivity contribution >= 4 is 17.8 Å². The molecular weight excluding hydrogens is 270 g/mol. The fraction of sp³-hybridized carbons (Fsp3) is 0.812. The highest BCUT2D eigenvalue weighted by molar-refractivity contribution is 6.06. The zero-order valence-electron chi connectivity index (χ0n) is 12.6. The summed E-state index contributed by atoms with van der Waals surface area (Å²) in [7, 11) is 0. The Morgan fingerprint density at radius 3 is 2.38 bits per heavy atom. The molecule has 21 heavy (non-hydrogen) atoms. The van der Waals surface area contributed by atoms with E-state index in [4.69, 9.17) is 0 Å². The highest BCUT2D eigenvalue weighted by Crippen LogP contribution is 2.50. The molecule has 1 aliphatic heterocycles. The second-order valence-corrected chi connectivity index (χ2v) is 7.22. The van der Waals surface area contributed by atoms with E-state index in [2.05, 4.69) is 0 Å². The summed E-state index contributed by atoms with van der Waals surface area (Å²) in [6.07, 6.45) is 6.74. The lowest BCUT2D eigenvalue weighted by Crippen LogP contribution is -2.55. The van der Waals surface area contributed by atoms with Crippen molar-refractivity contribution in [1.82, 2.24) is 4.90 Å². The molecule has 116 valence electrons. The standard InChI is InChI=1S/C16H23NO4/c1-15(14(20)21)7-3-2-6-11(15)17-12(18)10-16(13(17)19)8-4-5-9-16/h11H,2-10H2,1H3,(H,20,21). The maximum absolute atomic E-state index is 12.9. The molecule has 1 N–H and O–H groups in total. The van der Waals surface area contributed by atoms with Gasteiger partial charge in [0.15, 0.2) is 0 Å². The Morgan fingerprint density at radius 2 is 1.76 bits per heavy atom. The molecule has 0 aromatic heterocycles. The second kappa shape index (κ2) is 4.82. The molecule has 3 rings (SSSR count). The van der Waals surface area contributed by atoms with E-state index in [-0.39, 0.29) is 18.2 Å². The SMILES string of the molecule is CC1(C(=O)O)CCCCC1N1C(=O)CC2(CCCC2)C1=O. The van der Waals surface area contributed by atoms with E-state index in [1.807, 2.05) is 0 Å². The van der Waals surface area contributed by atoms with Crippen LogP contribution in [0.2, 0.25) is 0 Å². The van der Waals surface area contributed by atoms with Crippen LogP contribution in [0.3, 0.4) is 0 Å². The molecule has 1 saturated heterocycles. The zero-order valence-corrected chi connectivity index (χ0v) is 12.6. The van der Waals surface area contributed by atoms with Gasteiger partial charge in [0.1, 0.15) is 0 Å². The van der Waals surface area contributed by atoms with Gasteiger partial charge in [-0.1, -0.05) is 25.7 Å². The normalized spacial score (nSPS) is 35.7. The van der Waals surface area contributed by atoms with Crippen molar-refractivity contribution < 1.29 is 19.5 Å². The third kappa shape index (κ3) is 2.00. The molecule has 3 aliphatic rings. The van der Waals surface area contributed by atoms with Crippen LogP contribution in [0.4, 0.5) is 0 Å². The fourth-order valence-electron chi connectivity index (χ4n) is 4.56. The largest absolute Gasteiger partial charge is 0.481 e. The van der Waals surface area contributed by atoms with Crippen LogP contribution >= 0.6 is 0 Å². The van der Waals surface area contributed by atoms with Crippen LogP contribution in [0.15, 0.2) is 0 Å². The molecule has 2 aliphatic carbocycles. The highest BCUT2D eigenvalue weighted by atomic mass is 16.4. The number of carbonyl (C=O) groups is 3. The van der Waals surface area contributed by atoms with Crippen LogP contribution < -0.4 is 0 Å². The summed E-state index contributed by atoms with van der Waals surface area (Å²) in [5, 5.41) is 9.61. The van der Waals surface area contributed by atoms with Crippen LogP contribution in [0.1, 0.15) is 64.7 Å². The summed E-state index contributed by atoms with van der Waals surface area (Å²) in [4.78, 5) is 38.4. The summed E-state index contributed by atoms with van der Waals surface area (Å²) in [5.74, 6) is -1.13. The van der Waals surface area contributed by atoms with Crippen molar-refractivity contribution in [3.8, 4) is 0 Å². The smallest absolute Gasteiger partial charge is 0.311 e. The first-order valence-corrected chi connectivity index (χ1v) is 8.01. The fourth-order valence-corrected chi connectivity index (χ4v) is 4.56. The molecule has 0 bridgehead atoms. The van der Waals surface area contributed by atoms with Crippen LogP contribution in [0, 0.1) is 10.8 Å². The first-order valence-electron chi connectivity index (χ1n) is 8.01. The molecule has 0 radical (unpaired) electrons. The first kappa shape index (κ1) is 14.5. The lowest BCUT2D eigenvalue weighted by molar-refractivity contribution is -0.160. The number of hydrogen-bond acceptors (Lipinski definition) is 3. The van der Waals surface area contributed by atoms with Gasteiger partial charge in [0.25, 0.3) is 0 Å². The van der Waals surface area contributed by atoms with Crippen molar-refractivity contribution in [2.75, 3.05) is 0 Å². The predicted molar refractivity (Wildman–Crippen MR) is 75.4 cm³/mol. The number of carboxylic acid groups (broad SMARTS) is 1. The number of imide groups is 1. The maximum atomic E-state index is 12.9. The average molecular weight is 293 g/mol. The first-order chi connectivity index (χ1) is 9.91. The summed E-state index contributed by atoms with van der Waals surface area (Å²) in [6.45, 7) is 1.69. The van der Waals surface area contributed by atoms with Gasteiger partial charge < -0.3 is 5.11 Å². The molecule has 3 fully saturated rings. The van der Waals surface area contributed by atoms with Gasteiger partial charge in [0, 0.05) is 6.42 Å². The van der Waals surface area contributed by atoms with Crippen molar-refractivity contribution in [2.45, 2.75) is 70.8 Å². The summed E-state index contributed by atoms with van der Waals surface area (Å²) >= 11 is 0. The Morgan fingerprint density at radius 1 is 1.14 bits per heavy atom. The van der Waals surface area contributed by atoms with Crippen molar-refractivity contribution in [1.29, 1.82) is 0 Å². The van der Waals surface area contributed by atoms with Crippen molar-refractivity contribution in [2.24, 2.45) is 10.8 Å². The van der Waals surface area contributed by atoms with Gasteiger partial charge >= 0.3 is 5.97 Å². The molecular formula is C16H23NO4. The van der Waals surface area contributed by atoms with Gasteiger partial charge in [-0.05, 0) is 32.6 Å². The Labute approximate surface area is 124 Å². The lowest BCUT2D eigenvalue weighted by atomic mass is 9.71. The lowest BCUT2D eigenvalue weighted by Gasteiger charge is -2.42. The third-order valence-electron chi connectivity index (χ3n) is 5.95. The van der Waals surface area contributed by atoms with E-state index in [0.717, 1.165) is 38.5 Å². The Balaban J connectivity index is 1.93. The van der Waals surface area contributed by atoms with E-state index < -0.39 is 22.8 Å². The highest BCUT2D eigenvalue weighted by Gasteiger charge is 2.58. The Kier molecular flexibility index (Phi) is 3.34. The molecule has 2 saturated carbocycles. The number of likely N-dealkylation sites (tertiary alicyclic amines) is 1. The number of aliphatic carboxylic acids is 1. The number of nitrogens with zero attached hydrogens (tertiary/aromatic N) is 1. The summed E-state index contributed by atoms with van der Waals surface area (Å²) in [6, 6.07) is -0.469. The van der Waals surface area contributed by atoms with E-state index in [1.165, 1.54) is 4.90 Å². The van der Waals surface area contributed by atoms with Crippen LogP contribution in [0.25, 0.3) is 0 Å². The number of carboxylic acids is 1. The molecule has 2 atom stereocenters. The number of carbonyl (C=O) groups excluding carboxylic acids is 2. The molecule has 0 aromatic carbocycles. The van der Waals surface area contributed by atoms with Gasteiger partial charge in [-0.15, -0.1) is 0 Å². The monoisotopic (exact) mass is 293 g/mol. The minimum atomic E-state index is -0.992. The number of rotatable bonds is 2. The molecule has 1 spiro atoms. The summed E-state index contributed by atoms with van der Waals surface area (Å²) in [5.41, 5.74) is -1.50. The average Bonchev–Trinajstić information content (AvgIpc) is 2.98. The molecule has 1 heterocycles. The molecule has 0 aromatic rings. The Bertz CT molecular complexity index is 495. The molecule has 2 unspecified atom stereocenters. The quantitative estimate of drug-likeness (QED) is 0.793. The van der Waals surface area contributed by atoms with E-state index in [1.54, 1.807) is 6.92 Å². The summed E-state index contributed by atoms with van der Waals surface area (Å²) < 4.78 is 0. The van der Waals surface area contributed by atoms with Crippen LogP contribution in [-0.4, -0.2) is 33.8 Å². The van der Waals surface area contributed by atoms with E-state index in [9.17, 15) is 19.5 Å².